The Hall–Kier alpha value is -4.78. The second-order valence-electron chi connectivity index (χ2n) is 10.8. The number of hydrazone groups is 1. The van der Waals surface area contributed by atoms with E-state index < -0.39 is 6.17 Å². The fraction of sp³-hybridized carbons (Fsp3) is 0.257. The predicted molar refractivity (Wildman–Crippen MR) is 169 cm³/mol. The number of Topliss-reactive ketones (excluding diaryl/α,β-unsaturated/α-hetero) is 1. The first-order valence-corrected chi connectivity index (χ1v) is 14.5. The molecule has 7 heteroatoms. The SMILES string of the molecule is COc1cc(C2N(c3ccc(C)cc3)N=C(C(C)=O)N2c2ccc(N3CCCC3)cc2)ccc1OCc1ccccc1. The van der Waals surface area contributed by atoms with Gasteiger partial charge in [-0.3, -0.25) is 9.69 Å². The number of methoxy groups -OCH3 is 1. The van der Waals surface area contributed by atoms with Gasteiger partial charge >= 0.3 is 0 Å². The van der Waals surface area contributed by atoms with E-state index in [1.165, 1.54) is 18.5 Å². The van der Waals surface area contributed by atoms with Crippen LogP contribution in [0.1, 0.15) is 42.6 Å². The number of ketones is 1. The zero-order valence-electron chi connectivity index (χ0n) is 24.4. The third-order valence-electron chi connectivity index (χ3n) is 7.84. The van der Waals surface area contributed by atoms with Crippen molar-refractivity contribution in [2.24, 2.45) is 5.10 Å². The lowest BCUT2D eigenvalue weighted by atomic mass is 10.1. The minimum absolute atomic E-state index is 0.104. The first kappa shape index (κ1) is 27.4. The van der Waals surface area contributed by atoms with Gasteiger partial charge in [-0.2, -0.15) is 0 Å². The van der Waals surface area contributed by atoms with Gasteiger partial charge in [0.05, 0.1) is 12.8 Å². The molecule has 214 valence electrons. The average Bonchev–Trinajstić information content (AvgIpc) is 3.70. The van der Waals surface area contributed by atoms with Crippen molar-refractivity contribution >= 4 is 28.7 Å². The van der Waals surface area contributed by atoms with Crippen LogP contribution in [-0.4, -0.2) is 31.8 Å². The summed E-state index contributed by atoms with van der Waals surface area (Å²) in [5.41, 5.74) is 6.14. The van der Waals surface area contributed by atoms with Crippen molar-refractivity contribution < 1.29 is 14.3 Å². The lowest BCUT2D eigenvalue weighted by Gasteiger charge is -2.32. The third-order valence-corrected chi connectivity index (χ3v) is 7.84. The molecule has 0 amide bonds. The maximum atomic E-state index is 13.1. The van der Waals surface area contributed by atoms with Gasteiger partial charge in [0.1, 0.15) is 6.61 Å². The van der Waals surface area contributed by atoms with Crippen LogP contribution in [0.4, 0.5) is 17.1 Å². The molecule has 1 saturated heterocycles. The highest BCUT2D eigenvalue weighted by molar-refractivity contribution is 6.44. The van der Waals surface area contributed by atoms with Crippen molar-refractivity contribution in [3.8, 4) is 11.5 Å². The number of carbonyl (C=O) groups excluding carboxylic acids is 1. The van der Waals surface area contributed by atoms with Crippen molar-refractivity contribution in [2.75, 3.05) is 35.0 Å². The second-order valence-corrected chi connectivity index (χ2v) is 10.8. The summed E-state index contributed by atoms with van der Waals surface area (Å²) in [7, 11) is 1.65. The summed E-state index contributed by atoms with van der Waals surface area (Å²) in [6, 6.07) is 32.7. The maximum absolute atomic E-state index is 13.1. The van der Waals surface area contributed by atoms with Crippen molar-refractivity contribution in [1.82, 2.24) is 0 Å². The molecule has 0 N–H and O–H groups in total. The number of ether oxygens (including phenoxy) is 2. The Morgan fingerprint density at radius 2 is 1.50 bits per heavy atom. The van der Waals surface area contributed by atoms with Crippen LogP contribution in [0, 0.1) is 6.92 Å². The monoisotopic (exact) mass is 560 g/mol. The van der Waals surface area contributed by atoms with E-state index in [4.69, 9.17) is 14.6 Å². The van der Waals surface area contributed by atoms with Crippen LogP contribution in [0.25, 0.3) is 0 Å². The van der Waals surface area contributed by atoms with E-state index >= 15 is 0 Å². The lowest BCUT2D eigenvalue weighted by molar-refractivity contribution is -0.111. The van der Waals surface area contributed by atoms with Crippen LogP contribution in [0.2, 0.25) is 0 Å². The Bertz CT molecular complexity index is 1560. The zero-order valence-corrected chi connectivity index (χ0v) is 24.4. The fourth-order valence-electron chi connectivity index (χ4n) is 5.62. The summed E-state index contributed by atoms with van der Waals surface area (Å²) in [4.78, 5) is 17.5. The molecular weight excluding hydrogens is 524 g/mol. The first-order chi connectivity index (χ1) is 20.5. The fourth-order valence-corrected chi connectivity index (χ4v) is 5.62. The third kappa shape index (κ3) is 5.55. The van der Waals surface area contributed by atoms with E-state index in [0.717, 1.165) is 41.2 Å². The molecule has 1 atom stereocenters. The van der Waals surface area contributed by atoms with Gasteiger partial charge < -0.3 is 14.4 Å². The molecule has 2 aliphatic rings. The maximum Gasteiger partial charge on any atom is 0.198 e. The Labute approximate surface area is 247 Å². The Balaban J connectivity index is 1.39. The molecule has 4 aromatic carbocycles. The molecule has 1 fully saturated rings. The minimum Gasteiger partial charge on any atom is -0.493 e. The summed E-state index contributed by atoms with van der Waals surface area (Å²) in [5.74, 6) is 1.55. The number of aryl methyl sites for hydroxylation is 1. The van der Waals surface area contributed by atoms with E-state index in [1.54, 1.807) is 14.0 Å². The van der Waals surface area contributed by atoms with Crippen molar-refractivity contribution in [3.63, 3.8) is 0 Å². The molecule has 0 saturated carbocycles. The van der Waals surface area contributed by atoms with E-state index in [1.807, 2.05) is 70.6 Å². The van der Waals surface area contributed by atoms with Gasteiger partial charge in [0.15, 0.2) is 29.3 Å². The molecule has 2 heterocycles. The number of hydrogen-bond acceptors (Lipinski definition) is 7. The molecule has 0 aliphatic carbocycles. The molecule has 0 spiro atoms. The highest BCUT2D eigenvalue weighted by Gasteiger charge is 2.39. The van der Waals surface area contributed by atoms with E-state index in [9.17, 15) is 4.79 Å². The molecule has 7 nitrogen and oxygen atoms in total. The van der Waals surface area contributed by atoms with Crippen molar-refractivity contribution in [2.45, 2.75) is 39.5 Å². The van der Waals surface area contributed by atoms with E-state index in [0.29, 0.717) is 23.9 Å². The van der Waals surface area contributed by atoms with Crippen molar-refractivity contribution in [1.29, 1.82) is 0 Å². The van der Waals surface area contributed by atoms with E-state index in [-0.39, 0.29) is 5.78 Å². The molecule has 0 radical (unpaired) electrons. The predicted octanol–water partition coefficient (Wildman–Crippen LogP) is 7.11. The van der Waals surface area contributed by atoms with Gasteiger partial charge in [0.25, 0.3) is 0 Å². The Morgan fingerprint density at radius 3 is 2.17 bits per heavy atom. The minimum atomic E-state index is -0.415. The highest BCUT2D eigenvalue weighted by Crippen LogP contribution is 2.42. The standard InChI is InChI=1S/C35H36N4O3/c1-25-11-14-31(15-12-25)39-35(28-13-20-32(33(23-28)41-3)42-24-27-9-5-4-6-10-27)38(34(36-39)26(2)40)30-18-16-29(17-19-30)37-21-7-8-22-37/h4-6,9-20,23,35H,7-8,21-22,24H2,1-3H3. The molecule has 6 rings (SSSR count). The zero-order chi connectivity index (χ0) is 29.1. The smallest absolute Gasteiger partial charge is 0.198 e. The number of nitrogens with zero attached hydrogens (tertiary/aromatic N) is 4. The number of benzene rings is 4. The molecule has 1 unspecified atom stereocenters. The summed E-state index contributed by atoms with van der Waals surface area (Å²) in [6.45, 7) is 6.21. The van der Waals surface area contributed by atoms with Crippen LogP contribution in [0.5, 0.6) is 11.5 Å². The average molecular weight is 561 g/mol. The number of rotatable bonds is 9. The topological polar surface area (TPSA) is 57.6 Å². The molecule has 42 heavy (non-hydrogen) atoms. The van der Waals surface area contributed by atoms with Gasteiger partial charge in [0, 0.05) is 37.0 Å². The molecule has 2 aliphatic heterocycles. The van der Waals surface area contributed by atoms with Gasteiger partial charge in [-0.1, -0.05) is 54.1 Å². The van der Waals surface area contributed by atoms with Crippen LogP contribution < -0.4 is 24.3 Å². The van der Waals surface area contributed by atoms with Gasteiger partial charge in [-0.05, 0) is 73.9 Å². The molecule has 4 aromatic rings. The number of amidine groups is 1. The van der Waals surface area contributed by atoms with Crippen LogP contribution in [0.3, 0.4) is 0 Å². The second kappa shape index (κ2) is 12.0. The van der Waals surface area contributed by atoms with Gasteiger partial charge in [-0.15, -0.1) is 5.10 Å². The molecule has 0 bridgehead atoms. The summed E-state index contributed by atoms with van der Waals surface area (Å²) in [5, 5.41) is 6.82. The normalized spacial score (nSPS) is 16.5. The van der Waals surface area contributed by atoms with Crippen LogP contribution in [0.15, 0.2) is 102 Å². The number of anilines is 3. The number of carbonyl (C=O) groups is 1. The summed E-state index contributed by atoms with van der Waals surface area (Å²) < 4.78 is 12.0. The molecular formula is C35H36N4O3. The largest absolute Gasteiger partial charge is 0.493 e. The van der Waals surface area contributed by atoms with Gasteiger partial charge in [0.2, 0.25) is 0 Å². The summed E-state index contributed by atoms with van der Waals surface area (Å²) in [6.07, 6.45) is 2.02. The lowest BCUT2D eigenvalue weighted by Crippen LogP contribution is -2.37. The molecule has 0 aromatic heterocycles. The van der Waals surface area contributed by atoms with Crippen molar-refractivity contribution in [3.05, 3.63) is 114 Å². The quantitative estimate of drug-likeness (QED) is 0.217. The Morgan fingerprint density at radius 1 is 0.833 bits per heavy atom. The number of hydrogen-bond donors (Lipinski definition) is 0. The summed E-state index contributed by atoms with van der Waals surface area (Å²) >= 11 is 0. The van der Waals surface area contributed by atoms with Crippen LogP contribution >= 0.6 is 0 Å². The highest BCUT2D eigenvalue weighted by atomic mass is 16.5. The van der Waals surface area contributed by atoms with Gasteiger partial charge in [-0.25, -0.2) is 5.01 Å². The van der Waals surface area contributed by atoms with Crippen LogP contribution in [-0.2, 0) is 11.4 Å². The van der Waals surface area contributed by atoms with E-state index in [2.05, 4.69) is 48.2 Å². The Kier molecular flexibility index (Phi) is 7.82. The first-order valence-electron chi connectivity index (χ1n) is 14.5.